The summed E-state index contributed by atoms with van der Waals surface area (Å²) in [5.74, 6) is -3.91. The zero-order chi connectivity index (χ0) is 26.3. The van der Waals surface area contributed by atoms with E-state index in [-0.39, 0.29) is 17.2 Å². The third-order valence-electron chi connectivity index (χ3n) is 5.97. The number of thioether (sulfide) groups is 1. The van der Waals surface area contributed by atoms with Crippen LogP contribution in [0.3, 0.4) is 0 Å². The zero-order valence-corrected chi connectivity index (χ0v) is 20.5. The summed E-state index contributed by atoms with van der Waals surface area (Å²) >= 11 is 2.02. The van der Waals surface area contributed by atoms with E-state index in [0.717, 1.165) is 28.0 Å². The Balaban J connectivity index is 1.35. The predicted octanol–water partition coefficient (Wildman–Crippen LogP) is 1.84. The number of aromatic nitrogens is 1. The van der Waals surface area contributed by atoms with E-state index >= 15 is 0 Å². The van der Waals surface area contributed by atoms with Crippen molar-refractivity contribution < 1.29 is 34.1 Å². The summed E-state index contributed by atoms with van der Waals surface area (Å²) in [5.41, 5.74) is 1.14. The Morgan fingerprint density at radius 3 is 2.41 bits per heavy atom. The van der Waals surface area contributed by atoms with Crippen molar-refractivity contribution in [3.63, 3.8) is 0 Å². The number of phenolic OH excluding ortho intramolecular Hbond substituents is 1. The van der Waals surface area contributed by atoms with Crippen molar-refractivity contribution in [3.8, 4) is 11.5 Å². The first-order valence-corrected chi connectivity index (χ1v) is 12.7. The van der Waals surface area contributed by atoms with Gasteiger partial charge in [0.15, 0.2) is 6.61 Å². The van der Waals surface area contributed by atoms with Gasteiger partial charge >= 0.3 is 10.8 Å². The lowest BCUT2D eigenvalue weighted by atomic mass is 9.83. The Hall–Kier alpha value is -4.10. The predicted molar refractivity (Wildman–Crippen MR) is 133 cm³/mol. The number of fused-ring (bicyclic) bond motifs is 2. The molecule has 3 heterocycles. The number of H-pyrrole nitrogens is 1. The van der Waals surface area contributed by atoms with Crippen molar-refractivity contribution in [2.24, 2.45) is 5.92 Å². The summed E-state index contributed by atoms with van der Waals surface area (Å²) in [4.78, 5) is 65.3. The van der Waals surface area contributed by atoms with Crippen LogP contribution in [-0.4, -0.2) is 62.2 Å². The molecule has 0 radical (unpaired) electrons. The number of hydrogen-bond donors (Lipinski definition) is 4. The topological polar surface area (TPSA) is 166 Å². The molecule has 37 heavy (non-hydrogen) atoms. The van der Waals surface area contributed by atoms with E-state index < -0.39 is 47.3 Å². The SMILES string of the molecule is O=C(O)CN1C(=O)C2Sc3[nH]c(=O)sc3[C@H](c3ccc(OCC(=O)Nc4ccc(O)cc4)cc3)C2C1=O. The molecule has 3 amide bonds. The number of aromatic amines is 1. The van der Waals surface area contributed by atoms with Crippen LogP contribution < -0.4 is 14.9 Å². The van der Waals surface area contributed by atoms with Gasteiger partial charge in [-0.15, -0.1) is 0 Å². The number of nitrogens with one attached hydrogen (secondary N) is 2. The Bertz CT molecular complexity index is 1450. The summed E-state index contributed by atoms with van der Waals surface area (Å²) in [5, 5.41) is 20.8. The van der Waals surface area contributed by atoms with Crippen LogP contribution in [0.1, 0.15) is 16.4 Å². The van der Waals surface area contributed by atoms with E-state index in [1.165, 1.54) is 12.1 Å². The number of amides is 3. The van der Waals surface area contributed by atoms with Crippen molar-refractivity contribution in [1.29, 1.82) is 0 Å². The lowest BCUT2D eigenvalue weighted by Gasteiger charge is -2.29. The fourth-order valence-corrected chi connectivity index (χ4v) is 6.92. The van der Waals surface area contributed by atoms with Crippen molar-refractivity contribution >= 4 is 52.5 Å². The smallest absolute Gasteiger partial charge is 0.323 e. The molecule has 0 aliphatic carbocycles. The van der Waals surface area contributed by atoms with Gasteiger partial charge in [-0.2, -0.15) is 0 Å². The second-order valence-corrected chi connectivity index (χ2v) is 10.5. The number of carboxylic acids is 1. The van der Waals surface area contributed by atoms with Crippen molar-refractivity contribution in [2.75, 3.05) is 18.5 Å². The molecule has 3 atom stereocenters. The number of phenols is 1. The normalized spacial score (nSPS) is 20.3. The average molecular weight is 542 g/mol. The summed E-state index contributed by atoms with van der Waals surface area (Å²) in [6.45, 7) is -0.993. The molecule has 13 heteroatoms. The molecular formula is C24H19N3O8S2. The number of rotatable bonds is 7. The fourth-order valence-electron chi connectivity index (χ4n) is 4.39. The number of carbonyl (C=O) groups excluding carboxylic acids is 3. The molecule has 4 N–H and O–H groups in total. The molecule has 1 fully saturated rings. The molecule has 0 bridgehead atoms. The number of thiazole rings is 1. The number of aromatic hydroxyl groups is 1. The fraction of sp³-hybridized carbons (Fsp3) is 0.208. The maximum absolute atomic E-state index is 13.2. The molecule has 2 aliphatic rings. The molecule has 3 aromatic rings. The Kier molecular flexibility index (Phi) is 6.48. The number of ether oxygens (including phenoxy) is 1. The number of imide groups is 1. The molecule has 1 aromatic heterocycles. The van der Waals surface area contributed by atoms with Crippen LogP contribution in [0.25, 0.3) is 0 Å². The van der Waals surface area contributed by atoms with E-state index in [1.807, 2.05) is 0 Å². The van der Waals surface area contributed by atoms with Crippen LogP contribution in [-0.2, 0) is 19.2 Å². The van der Waals surface area contributed by atoms with Gasteiger partial charge in [0.05, 0.1) is 10.9 Å². The second kappa shape index (κ2) is 9.75. The van der Waals surface area contributed by atoms with Gasteiger partial charge in [0.2, 0.25) is 11.8 Å². The maximum atomic E-state index is 13.2. The van der Waals surface area contributed by atoms with Crippen LogP contribution in [0.15, 0.2) is 58.4 Å². The summed E-state index contributed by atoms with van der Waals surface area (Å²) < 4.78 is 5.55. The third-order valence-corrected chi connectivity index (χ3v) is 8.37. The van der Waals surface area contributed by atoms with Gasteiger partial charge in [0, 0.05) is 16.5 Å². The maximum Gasteiger partial charge on any atom is 0.323 e. The van der Waals surface area contributed by atoms with Gasteiger partial charge in [0.25, 0.3) is 5.91 Å². The monoisotopic (exact) mass is 541 g/mol. The minimum absolute atomic E-state index is 0.0783. The van der Waals surface area contributed by atoms with Crippen LogP contribution in [0.5, 0.6) is 11.5 Å². The van der Waals surface area contributed by atoms with Gasteiger partial charge in [-0.1, -0.05) is 35.2 Å². The molecule has 2 aliphatic heterocycles. The second-order valence-electron chi connectivity index (χ2n) is 8.36. The summed E-state index contributed by atoms with van der Waals surface area (Å²) in [6, 6.07) is 12.6. The number of carboxylic acid groups (broad SMARTS) is 1. The highest BCUT2D eigenvalue weighted by molar-refractivity contribution is 8.00. The number of carbonyl (C=O) groups is 4. The number of anilines is 1. The van der Waals surface area contributed by atoms with E-state index in [1.54, 1.807) is 36.4 Å². The first-order valence-electron chi connectivity index (χ1n) is 11.0. The molecule has 0 saturated carbocycles. The largest absolute Gasteiger partial charge is 0.508 e. The summed E-state index contributed by atoms with van der Waals surface area (Å²) in [6.07, 6.45) is 0. The first-order chi connectivity index (χ1) is 17.7. The van der Waals surface area contributed by atoms with E-state index in [0.29, 0.717) is 26.9 Å². The average Bonchev–Trinajstić information content (AvgIpc) is 3.35. The van der Waals surface area contributed by atoms with E-state index in [2.05, 4.69) is 10.3 Å². The van der Waals surface area contributed by atoms with Crippen LogP contribution in [0.4, 0.5) is 5.69 Å². The number of benzene rings is 2. The van der Waals surface area contributed by atoms with E-state index in [9.17, 15) is 29.1 Å². The van der Waals surface area contributed by atoms with Crippen molar-refractivity contribution in [1.82, 2.24) is 9.88 Å². The Morgan fingerprint density at radius 1 is 1.03 bits per heavy atom. The highest BCUT2D eigenvalue weighted by atomic mass is 32.2. The van der Waals surface area contributed by atoms with Crippen LogP contribution in [0.2, 0.25) is 0 Å². The molecule has 1 saturated heterocycles. The number of hydrogen-bond acceptors (Lipinski definition) is 9. The van der Waals surface area contributed by atoms with Gasteiger partial charge in [-0.05, 0) is 42.0 Å². The number of aliphatic carboxylic acids is 1. The molecule has 0 spiro atoms. The van der Waals surface area contributed by atoms with Crippen molar-refractivity contribution in [2.45, 2.75) is 16.2 Å². The highest BCUT2D eigenvalue weighted by Crippen LogP contribution is 2.52. The first kappa shape index (κ1) is 24.6. The lowest BCUT2D eigenvalue weighted by molar-refractivity contribution is -0.149. The molecule has 2 unspecified atom stereocenters. The highest BCUT2D eigenvalue weighted by Gasteiger charge is 2.56. The minimum atomic E-state index is -1.29. The number of nitrogens with zero attached hydrogens (tertiary/aromatic N) is 1. The van der Waals surface area contributed by atoms with Gasteiger partial charge in [-0.3, -0.25) is 28.9 Å². The van der Waals surface area contributed by atoms with Crippen LogP contribution in [0, 0.1) is 5.92 Å². The molecular weight excluding hydrogens is 522 g/mol. The molecule has 2 aromatic carbocycles. The van der Waals surface area contributed by atoms with Crippen molar-refractivity contribution in [3.05, 3.63) is 68.6 Å². The molecule has 190 valence electrons. The quantitative estimate of drug-likeness (QED) is 0.258. The van der Waals surface area contributed by atoms with Gasteiger partial charge in [0.1, 0.15) is 23.3 Å². The van der Waals surface area contributed by atoms with Crippen LogP contribution >= 0.6 is 23.1 Å². The summed E-state index contributed by atoms with van der Waals surface area (Å²) in [7, 11) is 0. The minimum Gasteiger partial charge on any atom is -0.508 e. The molecule has 11 nitrogen and oxygen atoms in total. The van der Waals surface area contributed by atoms with E-state index in [4.69, 9.17) is 9.84 Å². The van der Waals surface area contributed by atoms with Gasteiger partial charge < -0.3 is 25.3 Å². The zero-order valence-electron chi connectivity index (χ0n) is 18.9. The Morgan fingerprint density at radius 2 is 1.73 bits per heavy atom. The number of likely N-dealkylation sites (tertiary alicyclic amines) is 1. The lowest BCUT2D eigenvalue weighted by Crippen LogP contribution is -2.36. The Labute approximate surface area is 217 Å². The standard InChI is InChI=1S/C24H19N3O8S2/c28-13-5-3-12(4-6-13)25-15(29)10-35-14-7-1-11(2-8-14)17-18-20(36-21-19(17)37-24(34)26-21)23(33)27(22(18)32)9-16(30)31/h1-8,17-18,20,28H,9-10H2,(H,25,29)(H,26,34)(H,30,31)/t17-,18?,20?/m1/s1. The third kappa shape index (κ3) is 4.82. The molecule has 5 rings (SSSR count). The van der Waals surface area contributed by atoms with Gasteiger partial charge in [-0.25, -0.2) is 0 Å².